The molecule has 0 aliphatic rings. The van der Waals surface area contributed by atoms with Crippen LogP contribution in [0.25, 0.3) is 10.2 Å². The molecule has 6 heteroatoms. The Balaban J connectivity index is 1.87. The highest BCUT2D eigenvalue weighted by Crippen LogP contribution is 2.22. The molecule has 100 valence electrons. The van der Waals surface area contributed by atoms with E-state index in [1.54, 1.807) is 11.6 Å². The van der Waals surface area contributed by atoms with Gasteiger partial charge in [-0.1, -0.05) is 0 Å². The lowest BCUT2D eigenvalue weighted by Crippen LogP contribution is -2.14. The predicted octanol–water partition coefficient (Wildman–Crippen LogP) is 2.83. The molecule has 0 spiro atoms. The Morgan fingerprint density at radius 1 is 1.30 bits per heavy atom. The van der Waals surface area contributed by atoms with Crippen LogP contribution in [-0.4, -0.2) is 15.9 Å². The molecule has 1 amide bonds. The molecular formula is C14H12N4OS. The highest BCUT2D eigenvalue weighted by Gasteiger charge is 2.11. The van der Waals surface area contributed by atoms with E-state index in [0.717, 1.165) is 15.9 Å². The van der Waals surface area contributed by atoms with Gasteiger partial charge in [-0.3, -0.25) is 9.78 Å². The molecule has 0 radical (unpaired) electrons. The summed E-state index contributed by atoms with van der Waals surface area (Å²) in [6.07, 6.45) is 1.49. The van der Waals surface area contributed by atoms with Gasteiger partial charge < -0.3 is 11.1 Å². The SMILES string of the molecule is Cc1cc(N)c(C(=O)Nc2ccc3ncsc3c2)cn1. The molecule has 0 aliphatic heterocycles. The van der Waals surface area contributed by atoms with Gasteiger partial charge in [-0.2, -0.15) is 0 Å². The first kappa shape index (κ1) is 12.6. The van der Waals surface area contributed by atoms with Crippen LogP contribution >= 0.6 is 11.3 Å². The van der Waals surface area contributed by atoms with Crippen LogP contribution in [0.5, 0.6) is 0 Å². The van der Waals surface area contributed by atoms with Crippen LogP contribution in [-0.2, 0) is 0 Å². The minimum Gasteiger partial charge on any atom is -0.398 e. The topological polar surface area (TPSA) is 80.9 Å². The van der Waals surface area contributed by atoms with Crippen LogP contribution in [0, 0.1) is 6.92 Å². The van der Waals surface area contributed by atoms with E-state index in [2.05, 4.69) is 15.3 Å². The molecule has 0 saturated heterocycles. The fourth-order valence-electron chi connectivity index (χ4n) is 1.90. The predicted molar refractivity (Wildman–Crippen MR) is 81.0 cm³/mol. The Labute approximate surface area is 119 Å². The monoisotopic (exact) mass is 284 g/mol. The Bertz CT molecular complexity index is 797. The average Bonchev–Trinajstić information content (AvgIpc) is 2.85. The maximum Gasteiger partial charge on any atom is 0.259 e. The molecule has 1 aromatic carbocycles. The number of pyridine rings is 1. The van der Waals surface area contributed by atoms with Crippen molar-refractivity contribution in [1.82, 2.24) is 9.97 Å². The summed E-state index contributed by atoms with van der Waals surface area (Å²) < 4.78 is 1.03. The summed E-state index contributed by atoms with van der Waals surface area (Å²) in [4.78, 5) is 20.5. The summed E-state index contributed by atoms with van der Waals surface area (Å²) in [5.74, 6) is -0.265. The molecule has 2 heterocycles. The van der Waals surface area contributed by atoms with Gasteiger partial charge >= 0.3 is 0 Å². The number of anilines is 2. The van der Waals surface area contributed by atoms with Crippen molar-refractivity contribution in [3.63, 3.8) is 0 Å². The first-order valence-electron chi connectivity index (χ1n) is 6.00. The molecule has 0 unspecified atom stereocenters. The number of rotatable bonds is 2. The van der Waals surface area contributed by atoms with Gasteiger partial charge in [0, 0.05) is 23.3 Å². The minimum absolute atomic E-state index is 0.265. The summed E-state index contributed by atoms with van der Waals surface area (Å²) in [7, 11) is 0. The molecule has 3 rings (SSSR count). The first-order chi connectivity index (χ1) is 9.63. The number of fused-ring (bicyclic) bond motifs is 1. The number of aromatic nitrogens is 2. The van der Waals surface area contributed by atoms with Gasteiger partial charge in [-0.05, 0) is 31.2 Å². The number of benzene rings is 1. The van der Waals surface area contributed by atoms with Crippen molar-refractivity contribution in [3.05, 3.63) is 47.2 Å². The van der Waals surface area contributed by atoms with Crippen molar-refractivity contribution < 1.29 is 4.79 Å². The quantitative estimate of drug-likeness (QED) is 0.758. The summed E-state index contributed by atoms with van der Waals surface area (Å²) >= 11 is 1.53. The largest absolute Gasteiger partial charge is 0.398 e. The number of hydrogen-bond acceptors (Lipinski definition) is 5. The van der Waals surface area contributed by atoms with Crippen molar-refractivity contribution in [2.24, 2.45) is 0 Å². The second kappa shape index (κ2) is 4.90. The van der Waals surface area contributed by atoms with Gasteiger partial charge in [0.05, 0.1) is 21.3 Å². The highest BCUT2D eigenvalue weighted by molar-refractivity contribution is 7.16. The molecule has 3 N–H and O–H groups in total. The van der Waals surface area contributed by atoms with Gasteiger partial charge in [0.2, 0.25) is 0 Å². The molecule has 0 saturated carbocycles. The number of aryl methyl sites for hydroxylation is 1. The minimum atomic E-state index is -0.265. The Kier molecular flexibility index (Phi) is 3.08. The highest BCUT2D eigenvalue weighted by atomic mass is 32.1. The lowest BCUT2D eigenvalue weighted by molar-refractivity contribution is 0.102. The lowest BCUT2D eigenvalue weighted by atomic mass is 10.2. The molecule has 0 bridgehead atoms. The maximum absolute atomic E-state index is 12.2. The average molecular weight is 284 g/mol. The number of carbonyl (C=O) groups excluding carboxylic acids is 1. The molecule has 0 fully saturated rings. The van der Waals surface area contributed by atoms with Gasteiger partial charge in [0.15, 0.2) is 0 Å². The van der Waals surface area contributed by atoms with Gasteiger partial charge in [-0.15, -0.1) is 11.3 Å². The fraction of sp³-hybridized carbons (Fsp3) is 0.0714. The van der Waals surface area contributed by atoms with Crippen LogP contribution in [0.3, 0.4) is 0 Å². The first-order valence-corrected chi connectivity index (χ1v) is 6.88. The van der Waals surface area contributed by atoms with Crippen molar-refractivity contribution in [1.29, 1.82) is 0 Å². The van der Waals surface area contributed by atoms with E-state index in [9.17, 15) is 4.79 Å². The summed E-state index contributed by atoms with van der Waals surface area (Å²) in [5, 5.41) is 2.82. The summed E-state index contributed by atoms with van der Waals surface area (Å²) in [5.41, 5.74) is 10.8. The van der Waals surface area contributed by atoms with Crippen LogP contribution in [0.2, 0.25) is 0 Å². The second-order valence-electron chi connectivity index (χ2n) is 4.40. The molecule has 0 atom stereocenters. The van der Waals surface area contributed by atoms with E-state index in [4.69, 9.17) is 5.73 Å². The molecule has 5 nitrogen and oxygen atoms in total. The molecular weight excluding hydrogens is 272 g/mol. The van der Waals surface area contributed by atoms with Crippen LogP contribution in [0.4, 0.5) is 11.4 Å². The van der Waals surface area contributed by atoms with E-state index in [1.807, 2.05) is 25.1 Å². The normalized spacial score (nSPS) is 10.7. The van der Waals surface area contributed by atoms with Crippen LogP contribution in [0.15, 0.2) is 36.0 Å². The molecule has 20 heavy (non-hydrogen) atoms. The van der Waals surface area contributed by atoms with Crippen LogP contribution in [0.1, 0.15) is 16.1 Å². The smallest absolute Gasteiger partial charge is 0.259 e. The Morgan fingerprint density at radius 2 is 2.15 bits per heavy atom. The number of hydrogen-bond donors (Lipinski definition) is 2. The van der Waals surface area contributed by atoms with Gasteiger partial charge in [0.1, 0.15) is 0 Å². The lowest BCUT2D eigenvalue weighted by Gasteiger charge is -2.07. The number of nitrogens with one attached hydrogen (secondary N) is 1. The van der Waals surface area contributed by atoms with Crippen molar-refractivity contribution in [2.75, 3.05) is 11.1 Å². The third-order valence-electron chi connectivity index (χ3n) is 2.91. The van der Waals surface area contributed by atoms with E-state index in [1.165, 1.54) is 17.5 Å². The third-order valence-corrected chi connectivity index (χ3v) is 3.70. The number of nitrogens with zero attached hydrogens (tertiary/aromatic N) is 2. The second-order valence-corrected chi connectivity index (χ2v) is 5.29. The molecule has 2 aromatic heterocycles. The zero-order valence-corrected chi connectivity index (χ0v) is 11.6. The zero-order valence-electron chi connectivity index (χ0n) is 10.8. The molecule has 3 aromatic rings. The fourth-order valence-corrected chi connectivity index (χ4v) is 2.62. The number of thiazole rings is 1. The van der Waals surface area contributed by atoms with Gasteiger partial charge in [0.25, 0.3) is 5.91 Å². The Hall–Kier alpha value is -2.47. The number of amides is 1. The number of nitrogens with two attached hydrogens (primary N) is 1. The van der Waals surface area contributed by atoms with E-state index in [-0.39, 0.29) is 5.91 Å². The van der Waals surface area contributed by atoms with Crippen molar-refractivity contribution >= 4 is 38.8 Å². The maximum atomic E-state index is 12.2. The Morgan fingerprint density at radius 3 is 2.95 bits per heavy atom. The van der Waals surface area contributed by atoms with Crippen LogP contribution < -0.4 is 11.1 Å². The van der Waals surface area contributed by atoms with E-state index >= 15 is 0 Å². The molecule has 0 aliphatic carbocycles. The zero-order chi connectivity index (χ0) is 14.1. The number of nitrogen functional groups attached to an aromatic ring is 1. The van der Waals surface area contributed by atoms with Gasteiger partial charge in [-0.25, -0.2) is 4.98 Å². The number of carbonyl (C=O) groups is 1. The van der Waals surface area contributed by atoms with E-state index in [0.29, 0.717) is 16.9 Å². The van der Waals surface area contributed by atoms with E-state index < -0.39 is 0 Å². The third kappa shape index (κ3) is 2.33. The summed E-state index contributed by atoms with van der Waals surface area (Å²) in [6, 6.07) is 7.26. The van der Waals surface area contributed by atoms with Crippen molar-refractivity contribution in [2.45, 2.75) is 6.92 Å². The summed E-state index contributed by atoms with van der Waals surface area (Å²) in [6.45, 7) is 1.83. The standard InChI is InChI=1S/C14H12N4OS/c1-8-4-11(15)10(6-16-8)14(19)18-9-2-3-12-13(5-9)20-7-17-12/h2-7H,1H3,(H2,15,16)(H,18,19). The van der Waals surface area contributed by atoms with Crippen molar-refractivity contribution in [3.8, 4) is 0 Å².